The Morgan fingerprint density at radius 2 is 0.720 bits per heavy atom. The van der Waals surface area contributed by atoms with Gasteiger partial charge in [0.2, 0.25) is 0 Å². The average molecular weight is 655 g/mol. The van der Waals surface area contributed by atoms with Gasteiger partial charge >= 0.3 is 6.18 Å². The van der Waals surface area contributed by atoms with Gasteiger partial charge in [0.05, 0.1) is 5.56 Å². The summed E-state index contributed by atoms with van der Waals surface area (Å²) in [4.78, 5) is 0. The van der Waals surface area contributed by atoms with Crippen LogP contribution in [-0.4, -0.2) is 0 Å². The third-order valence-corrected chi connectivity index (χ3v) is 10.3. The van der Waals surface area contributed by atoms with E-state index in [2.05, 4.69) is 118 Å². The maximum absolute atomic E-state index is 13.5. The fourth-order valence-corrected chi connectivity index (χ4v) is 7.89. The van der Waals surface area contributed by atoms with Crippen molar-refractivity contribution < 1.29 is 13.2 Å². The highest BCUT2D eigenvalue weighted by atomic mass is 19.4. The van der Waals surface area contributed by atoms with Crippen LogP contribution in [0.1, 0.15) is 31.9 Å². The van der Waals surface area contributed by atoms with Gasteiger partial charge < -0.3 is 0 Å². The first-order valence-electron chi connectivity index (χ1n) is 17.0. The Morgan fingerprint density at radius 1 is 0.360 bits per heavy atom. The van der Waals surface area contributed by atoms with Crippen molar-refractivity contribution in [1.82, 2.24) is 0 Å². The molecule has 3 heteroatoms. The second kappa shape index (κ2) is 10.9. The van der Waals surface area contributed by atoms with Crippen molar-refractivity contribution in [2.75, 3.05) is 0 Å². The van der Waals surface area contributed by atoms with Gasteiger partial charge in [-0.3, -0.25) is 0 Å². The topological polar surface area (TPSA) is 0 Å². The molecule has 0 aliphatic rings. The second-order valence-electron chi connectivity index (χ2n) is 14.5. The predicted molar refractivity (Wildman–Crippen MR) is 205 cm³/mol. The zero-order valence-electron chi connectivity index (χ0n) is 28.0. The lowest BCUT2D eigenvalue weighted by Gasteiger charge is -2.20. The van der Waals surface area contributed by atoms with Crippen LogP contribution in [0.4, 0.5) is 13.2 Å². The van der Waals surface area contributed by atoms with E-state index in [-0.39, 0.29) is 5.41 Å². The van der Waals surface area contributed by atoms with E-state index in [1.54, 1.807) is 12.1 Å². The molecule has 242 valence electrons. The van der Waals surface area contributed by atoms with Crippen molar-refractivity contribution >= 4 is 53.9 Å². The molecule has 0 nitrogen and oxygen atoms in total. The third-order valence-electron chi connectivity index (χ3n) is 10.3. The van der Waals surface area contributed by atoms with Gasteiger partial charge in [0.25, 0.3) is 0 Å². The van der Waals surface area contributed by atoms with E-state index in [4.69, 9.17) is 0 Å². The van der Waals surface area contributed by atoms with Crippen LogP contribution >= 0.6 is 0 Å². The van der Waals surface area contributed by atoms with E-state index < -0.39 is 11.7 Å². The van der Waals surface area contributed by atoms with E-state index in [0.29, 0.717) is 0 Å². The number of halogens is 3. The van der Waals surface area contributed by atoms with Crippen LogP contribution in [0.5, 0.6) is 0 Å². The first-order valence-corrected chi connectivity index (χ1v) is 17.0. The standard InChI is InChI=1S/C47H33F3/c1-46(2,3)36-20-16-28(17-21-36)34-24-30-12-14-32-26-35(27-33-15-13-31(25-34)42(30)43(32)33)45-40-10-6-4-8-38(40)44(39-9-5-7-11-41(39)45)29-18-22-37(23-19-29)47(48,49)50/h4-27H,1-3H3. The van der Waals surface area contributed by atoms with Crippen molar-refractivity contribution in [3.63, 3.8) is 0 Å². The lowest BCUT2D eigenvalue weighted by atomic mass is 9.84. The molecule has 0 amide bonds. The van der Waals surface area contributed by atoms with Crippen LogP contribution in [0.15, 0.2) is 146 Å². The Kier molecular flexibility index (Phi) is 6.64. The minimum atomic E-state index is -4.38. The summed E-state index contributed by atoms with van der Waals surface area (Å²) in [6.07, 6.45) is -4.38. The first-order chi connectivity index (χ1) is 24.0. The van der Waals surface area contributed by atoms with E-state index in [1.807, 2.05) is 24.3 Å². The summed E-state index contributed by atoms with van der Waals surface area (Å²) in [5.41, 5.74) is 7.15. The van der Waals surface area contributed by atoms with Crippen molar-refractivity contribution in [1.29, 1.82) is 0 Å². The molecule has 50 heavy (non-hydrogen) atoms. The Morgan fingerprint density at radius 3 is 1.12 bits per heavy atom. The molecule has 9 aromatic carbocycles. The van der Waals surface area contributed by atoms with Crippen LogP contribution in [0, 0.1) is 0 Å². The van der Waals surface area contributed by atoms with Gasteiger partial charge in [-0.2, -0.15) is 13.2 Å². The quantitative estimate of drug-likeness (QED) is 0.131. The van der Waals surface area contributed by atoms with Crippen molar-refractivity contribution in [2.45, 2.75) is 32.4 Å². The van der Waals surface area contributed by atoms with Crippen LogP contribution in [0.2, 0.25) is 0 Å². The van der Waals surface area contributed by atoms with Gasteiger partial charge in [0, 0.05) is 0 Å². The molecule has 0 aliphatic carbocycles. The van der Waals surface area contributed by atoms with E-state index in [0.717, 1.165) is 43.8 Å². The number of hydrogen-bond acceptors (Lipinski definition) is 0. The lowest BCUT2D eigenvalue weighted by Crippen LogP contribution is -2.10. The highest BCUT2D eigenvalue weighted by Gasteiger charge is 2.30. The van der Waals surface area contributed by atoms with Gasteiger partial charge in [0.1, 0.15) is 0 Å². The van der Waals surface area contributed by atoms with Gasteiger partial charge in [-0.25, -0.2) is 0 Å². The fourth-order valence-electron chi connectivity index (χ4n) is 7.89. The zero-order valence-corrected chi connectivity index (χ0v) is 28.0. The van der Waals surface area contributed by atoms with Crippen molar-refractivity contribution in [3.05, 3.63) is 157 Å². The molecule has 0 bridgehead atoms. The van der Waals surface area contributed by atoms with Crippen molar-refractivity contribution in [3.8, 4) is 33.4 Å². The summed E-state index contributed by atoms with van der Waals surface area (Å²) in [5, 5.41) is 11.5. The summed E-state index contributed by atoms with van der Waals surface area (Å²) in [6, 6.07) is 49.2. The molecule has 0 saturated heterocycles. The molecule has 0 spiro atoms. The van der Waals surface area contributed by atoms with Gasteiger partial charge in [-0.05, 0) is 135 Å². The normalized spacial score (nSPS) is 12.6. The third kappa shape index (κ3) is 4.83. The van der Waals surface area contributed by atoms with Crippen LogP contribution < -0.4 is 0 Å². The molecule has 0 heterocycles. The monoisotopic (exact) mass is 654 g/mol. The van der Waals surface area contributed by atoms with Gasteiger partial charge in [-0.1, -0.05) is 130 Å². The number of hydrogen-bond donors (Lipinski definition) is 0. The molecule has 0 aliphatic heterocycles. The van der Waals surface area contributed by atoms with Gasteiger partial charge in [-0.15, -0.1) is 0 Å². The van der Waals surface area contributed by atoms with Crippen LogP contribution in [0.3, 0.4) is 0 Å². The molecule has 9 aromatic rings. The number of fused-ring (bicyclic) bond motifs is 2. The predicted octanol–water partition coefficient (Wildman–Crippen LogP) is 14.2. The first kappa shape index (κ1) is 30.4. The Hall–Kier alpha value is -5.67. The Balaban J connectivity index is 1.23. The SMILES string of the molecule is CC(C)(C)c1ccc(-c2cc3ccc4cc(-c5c6ccccc6c(-c6ccc(C(F)(F)F)cc6)c6ccccc56)cc5ccc(c2)c3c45)cc1. The molecule has 0 radical (unpaired) electrons. The summed E-state index contributed by atoms with van der Waals surface area (Å²) in [5.74, 6) is 0. The van der Waals surface area contributed by atoms with E-state index in [1.165, 1.54) is 61.1 Å². The van der Waals surface area contributed by atoms with E-state index >= 15 is 0 Å². The maximum Gasteiger partial charge on any atom is 0.416 e. The molecule has 0 atom stereocenters. The molecule has 0 N–H and O–H groups in total. The highest BCUT2D eigenvalue weighted by molar-refractivity contribution is 6.26. The summed E-state index contributed by atoms with van der Waals surface area (Å²) < 4.78 is 40.4. The molecule has 0 fully saturated rings. The lowest BCUT2D eigenvalue weighted by molar-refractivity contribution is -0.137. The summed E-state index contributed by atoms with van der Waals surface area (Å²) >= 11 is 0. The molecule has 0 unspecified atom stereocenters. The molecule has 0 aromatic heterocycles. The minimum absolute atomic E-state index is 0.109. The molecular formula is C47H33F3. The number of alkyl halides is 3. The van der Waals surface area contributed by atoms with E-state index in [9.17, 15) is 13.2 Å². The second-order valence-corrected chi connectivity index (χ2v) is 14.5. The fraction of sp³-hybridized carbons (Fsp3) is 0.106. The Labute approximate surface area is 288 Å². The average Bonchev–Trinajstić information content (AvgIpc) is 3.12. The van der Waals surface area contributed by atoms with Crippen molar-refractivity contribution in [2.24, 2.45) is 0 Å². The molecule has 0 saturated carbocycles. The minimum Gasteiger partial charge on any atom is -0.166 e. The summed E-state index contributed by atoms with van der Waals surface area (Å²) in [6.45, 7) is 6.72. The zero-order chi connectivity index (χ0) is 34.4. The highest BCUT2D eigenvalue weighted by Crippen LogP contribution is 2.46. The van der Waals surface area contributed by atoms with Crippen LogP contribution in [-0.2, 0) is 11.6 Å². The number of rotatable bonds is 3. The van der Waals surface area contributed by atoms with Crippen LogP contribution in [0.25, 0.3) is 87.2 Å². The Bertz CT molecular complexity index is 2620. The molecule has 9 rings (SSSR count). The largest absolute Gasteiger partial charge is 0.416 e. The smallest absolute Gasteiger partial charge is 0.166 e. The van der Waals surface area contributed by atoms with Gasteiger partial charge in [0.15, 0.2) is 0 Å². The maximum atomic E-state index is 13.5. The summed E-state index contributed by atoms with van der Waals surface area (Å²) in [7, 11) is 0. The number of benzene rings is 9. The molecular weight excluding hydrogens is 622 g/mol.